The van der Waals surface area contributed by atoms with Crippen molar-refractivity contribution in [1.82, 2.24) is 10.3 Å². The van der Waals surface area contributed by atoms with Crippen LogP contribution in [0.25, 0.3) is 0 Å². The maximum atomic E-state index is 4.06. The zero-order chi connectivity index (χ0) is 13.8. The predicted molar refractivity (Wildman–Crippen MR) is 83.4 cm³/mol. The molecule has 0 aliphatic rings. The number of aromatic nitrogens is 1. The van der Waals surface area contributed by atoms with Gasteiger partial charge in [0.15, 0.2) is 0 Å². The molecule has 0 amide bonds. The average Bonchev–Trinajstić information content (AvgIpc) is 2.42. The molecule has 2 rings (SSSR count). The van der Waals surface area contributed by atoms with Gasteiger partial charge in [0.05, 0.1) is 0 Å². The Bertz CT molecular complexity index is 529. The molecule has 0 bridgehead atoms. The fourth-order valence-electron chi connectivity index (χ4n) is 2.32. The maximum Gasteiger partial charge on any atom is 0.0358 e. The Labute approximate surface area is 123 Å². The second-order valence-electron chi connectivity index (χ2n) is 4.87. The number of nitrogens with zero attached hydrogens (tertiary/aromatic N) is 1. The Kier molecular flexibility index (Phi) is 4.72. The predicted octanol–water partition coefficient (Wildman–Crippen LogP) is 3.96. The standard InChI is InChI=1S/C16H19BrN2/c1-11-8-14(9-12(2)16(11)17)15(18-3)10-13-4-6-19-7-5-13/h4-9,15,18H,10H2,1-3H3. The molecule has 1 N–H and O–H groups in total. The van der Waals surface area contributed by atoms with Crippen molar-refractivity contribution in [1.29, 1.82) is 0 Å². The largest absolute Gasteiger partial charge is 0.313 e. The van der Waals surface area contributed by atoms with Gasteiger partial charge in [0.25, 0.3) is 0 Å². The lowest BCUT2D eigenvalue weighted by atomic mass is 9.96. The van der Waals surface area contributed by atoms with Gasteiger partial charge in [0.1, 0.15) is 0 Å². The molecule has 0 spiro atoms. The molecule has 19 heavy (non-hydrogen) atoms. The van der Waals surface area contributed by atoms with E-state index in [-0.39, 0.29) is 0 Å². The Morgan fingerprint density at radius 3 is 2.26 bits per heavy atom. The van der Waals surface area contributed by atoms with Crippen LogP contribution in [0.2, 0.25) is 0 Å². The van der Waals surface area contributed by atoms with Crippen LogP contribution < -0.4 is 5.32 Å². The van der Waals surface area contributed by atoms with Crippen LogP contribution >= 0.6 is 15.9 Å². The minimum Gasteiger partial charge on any atom is -0.313 e. The summed E-state index contributed by atoms with van der Waals surface area (Å²) in [5.74, 6) is 0. The van der Waals surface area contributed by atoms with Crippen LogP contribution in [0, 0.1) is 13.8 Å². The molecule has 0 saturated heterocycles. The van der Waals surface area contributed by atoms with Gasteiger partial charge in [-0.15, -0.1) is 0 Å². The van der Waals surface area contributed by atoms with Crippen molar-refractivity contribution in [2.45, 2.75) is 26.3 Å². The summed E-state index contributed by atoms with van der Waals surface area (Å²) in [6.45, 7) is 4.28. The summed E-state index contributed by atoms with van der Waals surface area (Å²) in [7, 11) is 2.01. The van der Waals surface area contributed by atoms with E-state index < -0.39 is 0 Å². The van der Waals surface area contributed by atoms with Crippen molar-refractivity contribution < 1.29 is 0 Å². The van der Waals surface area contributed by atoms with Crippen molar-refractivity contribution >= 4 is 15.9 Å². The third-order valence-corrected chi connectivity index (χ3v) is 4.65. The van der Waals surface area contributed by atoms with E-state index in [2.05, 4.69) is 64.3 Å². The minimum absolute atomic E-state index is 0.327. The highest BCUT2D eigenvalue weighted by molar-refractivity contribution is 9.10. The van der Waals surface area contributed by atoms with Crippen LogP contribution in [0.4, 0.5) is 0 Å². The van der Waals surface area contributed by atoms with E-state index >= 15 is 0 Å². The monoisotopic (exact) mass is 318 g/mol. The normalized spacial score (nSPS) is 12.4. The Morgan fingerprint density at radius 1 is 1.16 bits per heavy atom. The van der Waals surface area contributed by atoms with Crippen molar-refractivity contribution in [3.63, 3.8) is 0 Å². The van der Waals surface area contributed by atoms with Crippen LogP contribution in [0.1, 0.15) is 28.3 Å². The molecule has 0 aliphatic heterocycles. The van der Waals surface area contributed by atoms with Crippen LogP contribution in [0.5, 0.6) is 0 Å². The summed E-state index contributed by atoms with van der Waals surface area (Å²) >= 11 is 3.62. The topological polar surface area (TPSA) is 24.9 Å². The van der Waals surface area contributed by atoms with Crippen molar-refractivity contribution in [2.24, 2.45) is 0 Å². The summed E-state index contributed by atoms with van der Waals surface area (Å²) in [6.07, 6.45) is 4.67. The highest BCUT2D eigenvalue weighted by Gasteiger charge is 2.12. The second-order valence-corrected chi connectivity index (χ2v) is 5.66. The molecule has 0 fully saturated rings. The molecule has 1 aromatic heterocycles. The number of hydrogen-bond acceptors (Lipinski definition) is 2. The van der Waals surface area contributed by atoms with E-state index in [1.807, 2.05) is 19.4 Å². The summed E-state index contributed by atoms with van der Waals surface area (Å²) in [5, 5.41) is 3.41. The summed E-state index contributed by atoms with van der Waals surface area (Å²) in [6, 6.07) is 8.97. The van der Waals surface area contributed by atoms with Gasteiger partial charge in [-0.3, -0.25) is 4.98 Å². The molecular weight excluding hydrogens is 300 g/mol. The molecule has 3 heteroatoms. The number of pyridine rings is 1. The first-order chi connectivity index (χ1) is 9.11. The number of benzene rings is 1. The first kappa shape index (κ1) is 14.2. The Morgan fingerprint density at radius 2 is 1.74 bits per heavy atom. The zero-order valence-corrected chi connectivity index (χ0v) is 13.2. The van der Waals surface area contributed by atoms with E-state index in [0.717, 1.165) is 6.42 Å². The SMILES string of the molecule is CNC(Cc1ccncc1)c1cc(C)c(Br)c(C)c1. The molecule has 0 aliphatic carbocycles. The molecule has 1 heterocycles. The van der Waals surface area contributed by atoms with Gasteiger partial charge >= 0.3 is 0 Å². The van der Waals surface area contributed by atoms with Gasteiger partial charge in [0.2, 0.25) is 0 Å². The van der Waals surface area contributed by atoms with Crippen molar-refractivity contribution in [3.05, 3.63) is 63.4 Å². The van der Waals surface area contributed by atoms with Crippen LogP contribution in [-0.2, 0) is 6.42 Å². The third kappa shape index (κ3) is 3.43. The first-order valence-electron chi connectivity index (χ1n) is 6.44. The molecule has 1 aromatic carbocycles. The summed E-state index contributed by atoms with van der Waals surface area (Å²) in [5.41, 5.74) is 5.19. The number of rotatable bonds is 4. The van der Waals surface area contributed by atoms with Gasteiger partial charge in [-0.1, -0.05) is 28.1 Å². The van der Waals surface area contributed by atoms with Crippen molar-refractivity contribution in [3.8, 4) is 0 Å². The lowest BCUT2D eigenvalue weighted by Crippen LogP contribution is -2.19. The molecule has 0 saturated carbocycles. The number of likely N-dealkylation sites (N-methyl/N-ethyl adjacent to an activating group) is 1. The van der Waals surface area contributed by atoms with E-state index in [1.54, 1.807) is 0 Å². The fraction of sp³-hybridized carbons (Fsp3) is 0.312. The van der Waals surface area contributed by atoms with Crippen LogP contribution in [0.15, 0.2) is 41.1 Å². The summed E-state index contributed by atoms with van der Waals surface area (Å²) in [4.78, 5) is 4.06. The van der Waals surface area contributed by atoms with Gasteiger partial charge in [-0.2, -0.15) is 0 Å². The molecule has 100 valence electrons. The number of halogens is 1. The van der Waals surface area contributed by atoms with E-state index in [4.69, 9.17) is 0 Å². The van der Waals surface area contributed by atoms with E-state index in [0.29, 0.717) is 6.04 Å². The minimum atomic E-state index is 0.327. The highest BCUT2D eigenvalue weighted by atomic mass is 79.9. The lowest BCUT2D eigenvalue weighted by Gasteiger charge is -2.19. The molecule has 2 nitrogen and oxygen atoms in total. The lowest BCUT2D eigenvalue weighted by molar-refractivity contribution is 0.591. The van der Waals surface area contributed by atoms with Gasteiger partial charge in [-0.05, 0) is 61.7 Å². The van der Waals surface area contributed by atoms with Gasteiger partial charge in [0, 0.05) is 22.9 Å². The first-order valence-corrected chi connectivity index (χ1v) is 7.24. The molecule has 2 aromatic rings. The molecule has 1 unspecified atom stereocenters. The quantitative estimate of drug-likeness (QED) is 0.922. The maximum absolute atomic E-state index is 4.06. The number of aryl methyl sites for hydroxylation is 2. The zero-order valence-electron chi connectivity index (χ0n) is 11.6. The third-order valence-electron chi connectivity index (χ3n) is 3.40. The van der Waals surface area contributed by atoms with Gasteiger partial charge < -0.3 is 5.32 Å². The fourth-order valence-corrected chi connectivity index (χ4v) is 2.55. The van der Waals surface area contributed by atoms with Gasteiger partial charge in [-0.25, -0.2) is 0 Å². The summed E-state index contributed by atoms with van der Waals surface area (Å²) < 4.78 is 1.20. The highest BCUT2D eigenvalue weighted by Crippen LogP contribution is 2.27. The van der Waals surface area contributed by atoms with Crippen LogP contribution in [0.3, 0.4) is 0 Å². The average molecular weight is 319 g/mol. The second kappa shape index (κ2) is 6.31. The van der Waals surface area contributed by atoms with E-state index in [1.165, 1.54) is 26.7 Å². The van der Waals surface area contributed by atoms with Crippen LogP contribution in [-0.4, -0.2) is 12.0 Å². The number of hydrogen-bond donors (Lipinski definition) is 1. The Hall–Kier alpha value is -1.19. The molecular formula is C16H19BrN2. The molecule has 0 radical (unpaired) electrons. The number of nitrogens with one attached hydrogen (secondary N) is 1. The van der Waals surface area contributed by atoms with Crippen molar-refractivity contribution in [2.75, 3.05) is 7.05 Å². The Balaban J connectivity index is 2.27. The molecule has 1 atom stereocenters. The smallest absolute Gasteiger partial charge is 0.0358 e. The van der Waals surface area contributed by atoms with E-state index in [9.17, 15) is 0 Å².